The molecule has 11 rings (SSSR count). The molecule has 1 nitrogen and oxygen atoms in total. The fraction of sp³-hybridized carbons (Fsp3) is 0.137. The van der Waals surface area contributed by atoms with Crippen molar-refractivity contribution >= 4 is 53.4 Å². The Labute approximate surface area is 332 Å². The van der Waals surface area contributed by atoms with Gasteiger partial charge >= 0.3 is 0 Å². The lowest BCUT2D eigenvalue weighted by molar-refractivity contribution is 0.152. The van der Waals surface area contributed by atoms with Crippen LogP contribution in [0.3, 0.4) is 0 Å². The molecule has 0 fully saturated rings. The van der Waals surface area contributed by atoms with Crippen LogP contribution in [0.5, 0.6) is 5.75 Å². The summed E-state index contributed by atoms with van der Waals surface area (Å²) in [6, 6.07) is 53.8. The minimum absolute atomic E-state index is 0.211. The predicted octanol–water partition coefficient (Wildman–Crippen LogP) is 14.5. The average molecular weight is 825 g/mol. The lowest BCUT2D eigenvalue weighted by Crippen LogP contribution is -2.39. The van der Waals surface area contributed by atoms with Gasteiger partial charge in [0.25, 0.3) is 0 Å². The third-order valence-electron chi connectivity index (χ3n) is 12.8. The number of fused-ring (bicyclic) bond motifs is 13. The molecule has 3 aliphatic rings. The van der Waals surface area contributed by atoms with Crippen LogP contribution in [0, 0.1) is 0 Å². The van der Waals surface area contributed by atoms with E-state index >= 15 is 0 Å². The van der Waals surface area contributed by atoms with Crippen molar-refractivity contribution in [1.29, 1.82) is 0 Å². The molecule has 0 saturated carbocycles. The first-order valence-corrected chi connectivity index (χ1v) is 20.3. The second-order valence-corrected chi connectivity index (χ2v) is 18.0. The Morgan fingerprint density at radius 2 is 0.796 bits per heavy atom. The summed E-state index contributed by atoms with van der Waals surface area (Å²) in [6.45, 7) is 9.52. The molecule has 0 spiro atoms. The highest BCUT2D eigenvalue weighted by atomic mass is 79.9. The maximum Gasteiger partial charge on any atom is 0.185 e. The molecule has 260 valence electrons. The SMILES string of the molecule is CC1(C)c2cc3c(cc2-c2c1cc(Br)c1ccccc21)OC(c1ccccc1)(c1ccccc1)c1cc2c(cc1-3)C(C)(C)c1cc(Br)c3ccccc3c1-2. The molecule has 0 atom stereocenters. The van der Waals surface area contributed by atoms with Crippen molar-refractivity contribution in [2.75, 3.05) is 0 Å². The number of benzene rings is 8. The zero-order valence-corrected chi connectivity index (χ0v) is 33.7. The first-order chi connectivity index (χ1) is 26.1. The first kappa shape index (κ1) is 32.5. The van der Waals surface area contributed by atoms with Gasteiger partial charge in [-0.15, -0.1) is 0 Å². The molecule has 0 saturated heterocycles. The highest BCUT2D eigenvalue weighted by Gasteiger charge is 2.49. The summed E-state index contributed by atoms with van der Waals surface area (Å²) >= 11 is 7.91. The maximum atomic E-state index is 7.75. The van der Waals surface area contributed by atoms with Gasteiger partial charge in [0.1, 0.15) is 5.75 Å². The molecule has 0 radical (unpaired) electrons. The van der Waals surface area contributed by atoms with E-state index in [1.54, 1.807) is 0 Å². The number of rotatable bonds is 2. The van der Waals surface area contributed by atoms with Crippen LogP contribution in [-0.4, -0.2) is 0 Å². The van der Waals surface area contributed by atoms with E-state index in [0.29, 0.717) is 0 Å². The lowest BCUT2D eigenvalue weighted by Gasteiger charge is -2.42. The van der Waals surface area contributed by atoms with Gasteiger partial charge in [0, 0.05) is 42.0 Å². The third kappa shape index (κ3) is 4.10. The van der Waals surface area contributed by atoms with Gasteiger partial charge in [0.2, 0.25) is 0 Å². The molecule has 8 aromatic rings. The Kier molecular flexibility index (Phi) is 6.65. The molecule has 8 aromatic carbocycles. The Balaban J connectivity index is 1.28. The van der Waals surface area contributed by atoms with Crippen molar-refractivity contribution in [3.05, 3.63) is 193 Å². The molecule has 0 unspecified atom stereocenters. The first-order valence-electron chi connectivity index (χ1n) is 18.7. The zero-order chi connectivity index (χ0) is 36.7. The van der Waals surface area contributed by atoms with E-state index in [2.05, 4.69) is 205 Å². The van der Waals surface area contributed by atoms with Crippen molar-refractivity contribution in [3.8, 4) is 39.1 Å². The fourth-order valence-corrected chi connectivity index (χ4v) is 11.3. The second-order valence-electron chi connectivity index (χ2n) is 16.3. The van der Waals surface area contributed by atoms with E-state index in [4.69, 9.17) is 4.74 Å². The Hall–Kier alpha value is -4.96. The molecular formula is C51H36Br2O. The molecule has 0 aromatic heterocycles. The number of ether oxygens (including phenoxy) is 1. The van der Waals surface area contributed by atoms with E-state index in [9.17, 15) is 0 Å². The van der Waals surface area contributed by atoms with Gasteiger partial charge < -0.3 is 4.74 Å². The van der Waals surface area contributed by atoms with Crippen LogP contribution in [-0.2, 0) is 16.4 Å². The predicted molar refractivity (Wildman–Crippen MR) is 231 cm³/mol. The Morgan fingerprint density at radius 3 is 1.30 bits per heavy atom. The fourth-order valence-electron chi connectivity index (χ4n) is 10.1. The number of hydrogen-bond acceptors (Lipinski definition) is 1. The normalized spacial score (nSPS) is 16.2. The summed E-state index contributed by atoms with van der Waals surface area (Å²) in [5, 5.41) is 4.99. The van der Waals surface area contributed by atoms with E-state index in [-0.39, 0.29) is 10.8 Å². The van der Waals surface area contributed by atoms with Gasteiger partial charge in [-0.1, -0.05) is 169 Å². The Morgan fingerprint density at radius 1 is 0.389 bits per heavy atom. The summed E-state index contributed by atoms with van der Waals surface area (Å²) in [4.78, 5) is 0. The maximum absolute atomic E-state index is 7.75. The second kappa shape index (κ2) is 11.1. The molecule has 2 aliphatic carbocycles. The smallest absolute Gasteiger partial charge is 0.185 e. The molecule has 0 amide bonds. The van der Waals surface area contributed by atoms with E-state index in [1.165, 1.54) is 77.2 Å². The van der Waals surface area contributed by atoms with Crippen LogP contribution in [0.15, 0.2) is 155 Å². The standard InChI is InChI=1S/C51H36Br2O/c1-49(2)39-23-35-36-24-40-38(48-34-22-14-12-20-32(34)45(53)28-43(48)50(40,3)4)26-46(36)54-51(29-15-7-5-8-16-29,30-17-9-6-10-18-30)41(35)25-37(39)47-33-21-13-11-19-31(33)44(52)27-42(47)49/h5-28H,1-4H3. The lowest BCUT2D eigenvalue weighted by atomic mass is 9.72. The van der Waals surface area contributed by atoms with E-state index in [0.717, 1.165) is 31.4 Å². The molecular weight excluding hydrogens is 788 g/mol. The summed E-state index contributed by atoms with van der Waals surface area (Å²) in [5.74, 6) is 0.908. The van der Waals surface area contributed by atoms with Gasteiger partial charge in [0.15, 0.2) is 5.60 Å². The number of halogens is 2. The molecule has 3 heteroatoms. The monoisotopic (exact) mass is 822 g/mol. The molecule has 0 N–H and O–H groups in total. The van der Waals surface area contributed by atoms with Gasteiger partial charge in [-0.05, 0) is 108 Å². The van der Waals surface area contributed by atoms with Crippen molar-refractivity contribution < 1.29 is 4.74 Å². The van der Waals surface area contributed by atoms with Gasteiger partial charge in [-0.2, -0.15) is 0 Å². The third-order valence-corrected chi connectivity index (χ3v) is 14.1. The quantitative estimate of drug-likeness (QED) is 0.169. The van der Waals surface area contributed by atoms with Gasteiger partial charge in [-0.3, -0.25) is 0 Å². The van der Waals surface area contributed by atoms with Crippen LogP contribution in [0.2, 0.25) is 0 Å². The minimum atomic E-state index is -0.898. The van der Waals surface area contributed by atoms with Gasteiger partial charge in [0.05, 0.1) is 0 Å². The van der Waals surface area contributed by atoms with E-state index < -0.39 is 5.60 Å². The molecule has 0 bridgehead atoms. The van der Waals surface area contributed by atoms with E-state index in [1.807, 2.05) is 0 Å². The minimum Gasteiger partial charge on any atom is -0.472 e. The van der Waals surface area contributed by atoms with Crippen LogP contribution < -0.4 is 4.74 Å². The summed E-state index contributed by atoms with van der Waals surface area (Å²) < 4.78 is 10.0. The summed E-state index contributed by atoms with van der Waals surface area (Å²) in [7, 11) is 0. The van der Waals surface area contributed by atoms with Crippen molar-refractivity contribution in [2.24, 2.45) is 0 Å². The van der Waals surface area contributed by atoms with Crippen molar-refractivity contribution in [1.82, 2.24) is 0 Å². The largest absolute Gasteiger partial charge is 0.472 e. The highest BCUT2D eigenvalue weighted by molar-refractivity contribution is 9.11. The van der Waals surface area contributed by atoms with Crippen LogP contribution >= 0.6 is 31.9 Å². The number of hydrogen-bond donors (Lipinski definition) is 0. The highest BCUT2D eigenvalue weighted by Crippen LogP contribution is 2.61. The van der Waals surface area contributed by atoms with Gasteiger partial charge in [-0.25, -0.2) is 0 Å². The Bertz CT molecular complexity index is 2880. The van der Waals surface area contributed by atoms with Crippen LogP contribution in [0.25, 0.3) is 54.9 Å². The molecule has 1 aliphatic heterocycles. The zero-order valence-electron chi connectivity index (χ0n) is 30.5. The van der Waals surface area contributed by atoms with Crippen LogP contribution in [0.4, 0.5) is 0 Å². The van der Waals surface area contributed by atoms with Crippen molar-refractivity contribution in [3.63, 3.8) is 0 Å². The molecule has 1 heterocycles. The van der Waals surface area contributed by atoms with Crippen LogP contribution in [0.1, 0.15) is 66.6 Å². The van der Waals surface area contributed by atoms with Crippen molar-refractivity contribution in [2.45, 2.75) is 44.1 Å². The summed E-state index contributed by atoms with van der Waals surface area (Å²) in [5.41, 5.74) is 15.0. The topological polar surface area (TPSA) is 9.23 Å². The average Bonchev–Trinajstić information content (AvgIpc) is 3.55. The summed E-state index contributed by atoms with van der Waals surface area (Å²) in [6.07, 6.45) is 0. The molecule has 54 heavy (non-hydrogen) atoms.